The zero-order valence-corrected chi connectivity index (χ0v) is 8.05. The second kappa shape index (κ2) is 3.30. The minimum Gasteiger partial charge on any atom is -0.195 e. The van der Waals surface area contributed by atoms with Crippen LogP contribution >= 0.6 is 0 Å². The highest BCUT2D eigenvalue weighted by Crippen LogP contribution is 2.32. The lowest BCUT2D eigenvalue weighted by Crippen LogP contribution is -2.47. The zero-order chi connectivity index (χ0) is 9.24. The summed E-state index contributed by atoms with van der Waals surface area (Å²) in [5.74, 6) is -1.54. The Morgan fingerprint density at radius 2 is 1.25 bits per heavy atom. The Balaban J connectivity index is 2.53. The van der Waals surface area contributed by atoms with Crippen molar-refractivity contribution in [3.63, 3.8) is 0 Å². The summed E-state index contributed by atoms with van der Waals surface area (Å²) in [6.45, 7) is 7.35. The van der Waals surface area contributed by atoms with Gasteiger partial charge in [0.25, 0.3) is 0 Å². The van der Waals surface area contributed by atoms with E-state index < -0.39 is 11.6 Å². The molecule has 0 aromatic rings. The van der Waals surface area contributed by atoms with Crippen molar-refractivity contribution >= 4 is 0 Å². The Labute approximate surface area is 72.6 Å². The van der Waals surface area contributed by atoms with Crippen LogP contribution in [0.15, 0.2) is 0 Å². The van der Waals surface area contributed by atoms with Crippen molar-refractivity contribution in [2.24, 2.45) is 0 Å². The molecule has 0 bridgehead atoms. The van der Waals surface area contributed by atoms with Crippen LogP contribution in [0.5, 0.6) is 0 Å². The molecule has 0 aromatic carbocycles. The smallest absolute Gasteiger partial charge is 0.195 e. The molecule has 1 aliphatic heterocycles. The fourth-order valence-corrected chi connectivity index (χ4v) is 0.866. The van der Waals surface area contributed by atoms with Crippen molar-refractivity contribution < 1.29 is 19.6 Å². The third kappa shape index (κ3) is 1.95. The van der Waals surface area contributed by atoms with Gasteiger partial charge in [0.2, 0.25) is 11.6 Å². The molecule has 4 heteroatoms. The van der Waals surface area contributed by atoms with Crippen molar-refractivity contribution in [2.45, 2.75) is 52.1 Å². The van der Waals surface area contributed by atoms with Crippen LogP contribution in [0.2, 0.25) is 0 Å². The van der Waals surface area contributed by atoms with Gasteiger partial charge in [-0.2, -0.15) is 19.6 Å². The molecule has 0 radical (unpaired) electrons. The lowest BCUT2D eigenvalue weighted by atomic mass is 10.1. The number of hydrogen-bond acceptors (Lipinski definition) is 4. The van der Waals surface area contributed by atoms with Crippen LogP contribution in [0.3, 0.4) is 0 Å². The maximum absolute atomic E-state index is 5.13. The molecule has 4 nitrogen and oxygen atoms in total. The van der Waals surface area contributed by atoms with Gasteiger partial charge in [-0.05, 0) is 13.8 Å². The van der Waals surface area contributed by atoms with Crippen LogP contribution in [0.1, 0.15) is 40.5 Å². The third-order valence-corrected chi connectivity index (χ3v) is 1.87. The molecule has 1 saturated heterocycles. The second-order valence-corrected chi connectivity index (χ2v) is 3.35. The Morgan fingerprint density at radius 3 is 1.58 bits per heavy atom. The molecule has 0 spiro atoms. The van der Waals surface area contributed by atoms with E-state index in [2.05, 4.69) is 0 Å². The topological polar surface area (TPSA) is 36.9 Å². The molecule has 0 unspecified atom stereocenters. The van der Waals surface area contributed by atoms with Crippen molar-refractivity contribution in [2.75, 3.05) is 0 Å². The van der Waals surface area contributed by atoms with Crippen molar-refractivity contribution in [3.8, 4) is 0 Å². The summed E-state index contributed by atoms with van der Waals surface area (Å²) in [5, 5.41) is 0. The van der Waals surface area contributed by atoms with Crippen molar-refractivity contribution in [1.29, 1.82) is 0 Å². The SMILES string of the molecule is CCC1(CC)OOC(C)(C)OO1. The van der Waals surface area contributed by atoms with E-state index in [1.165, 1.54) is 0 Å². The molecule has 72 valence electrons. The standard InChI is InChI=1S/C8H16O4/c1-5-8(6-2)11-9-7(3,4)10-12-8/h5-6H2,1-4H3. The highest BCUT2D eigenvalue weighted by Gasteiger charge is 2.41. The number of rotatable bonds is 2. The zero-order valence-electron chi connectivity index (χ0n) is 8.05. The molecule has 1 fully saturated rings. The van der Waals surface area contributed by atoms with Crippen LogP contribution < -0.4 is 0 Å². The summed E-state index contributed by atoms with van der Waals surface area (Å²) >= 11 is 0. The summed E-state index contributed by atoms with van der Waals surface area (Å²) in [7, 11) is 0. The van der Waals surface area contributed by atoms with E-state index in [0.717, 1.165) is 0 Å². The molecule has 0 N–H and O–H groups in total. The Hall–Kier alpha value is -0.160. The molecule has 12 heavy (non-hydrogen) atoms. The van der Waals surface area contributed by atoms with Crippen LogP contribution in [-0.2, 0) is 19.6 Å². The van der Waals surface area contributed by atoms with Crippen LogP contribution in [-0.4, -0.2) is 11.6 Å². The lowest BCUT2D eigenvalue weighted by molar-refractivity contribution is -0.651. The van der Waals surface area contributed by atoms with Gasteiger partial charge in [-0.25, -0.2) is 0 Å². The van der Waals surface area contributed by atoms with Gasteiger partial charge in [-0.3, -0.25) is 0 Å². The second-order valence-electron chi connectivity index (χ2n) is 3.35. The molecule has 0 amide bonds. The van der Waals surface area contributed by atoms with Crippen molar-refractivity contribution in [1.82, 2.24) is 0 Å². The molecular weight excluding hydrogens is 160 g/mol. The van der Waals surface area contributed by atoms with E-state index >= 15 is 0 Å². The first-order valence-corrected chi connectivity index (χ1v) is 4.27. The molecule has 0 aliphatic carbocycles. The molecular formula is C8H16O4. The summed E-state index contributed by atoms with van der Waals surface area (Å²) in [6.07, 6.45) is 1.39. The average molecular weight is 176 g/mol. The summed E-state index contributed by atoms with van der Waals surface area (Å²) in [6, 6.07) is 0. The Bertz CT molecular complexity index is 139. The van der Waals surface area contributed by atoms with Gasteiger partial charge in [0.15, 0.2) is 0 Å². The molecule has 0 aromatic heterocycles. The molecule has 0 saturated carbocycles. The molecule has 1 heterocycles. The Kier molecular flexibility index (Phi) is 2.73. The number of hydrogen-bond donors (Lipinski definition) is 0. The monoisotopic (exact) mass is 176 g/mol. The first kappa shape index (κ1) is 9.92. The first-order chi connectivity index (χ1) is 5.54. The minimum absolute atomic E-state index is 0.694. The van der Waals surface area contributed by atoms with E-state index in [1.807, 2.05) is 13.8 Å². The van der Waals surface area contributed by atoms with Gasteiger partial charge in [0.1, 0.15) is 0 Å². The summed E-state index contributed by atoms with van der Waals surface area (Å²) < 4.78 is 0. The van der Waals surface area contributed by atoms with E-state index in [9.17, 15) is 0 Å². The predicted octanol–water partition coefficient (Wildman–Crippen LogP) is 2.15. The average Bonchev–Trinajstić information content (AvgIpc) is 2.06. The van der Waals surface area contributed by atoms with Crippen molar-refractivity contribution in [3.05, 3.63) is 0 Å². The normalized spacial score (nSPS) is 27.0. The van der Waals surface area contributed by atoms with Gasteiger partial charge >= 0.3 is 0 Å². The van der Waals surface area contributed by atoms with Crippen LogP contribution in [0.4, 0.5) is 0 Å². The van der Waals surface area contributed by atoms with E-state index in [4.69, 9.17) is 19.6 Å². The Morgan fingerprint density at radius 1 is 0.833 bits per heavy atom. The van der Waals surface area contributed by atoms with Gasteiger partial charge in [-0.15, -0.1) is 0 Å². The molecule has 0 atom stereocenters. The summed E-state index contributed by atoms with van der Waals surface area (Å²) in [5.41, 5.74) is 0. The fourth-order valence-electron chi connectivity index (χ4n) is 0.866. The van der Waals surface area contributed by atoms with E-state index in [-0.39, 0.29) is 0 Å². The molecule has 1 rings (SSSR count). The highest BCUT2D eigenvalue weighted by molar-refractivity contribution is 4.64. The maximum atomic E-state index is 5.13. The van der Waals surface area contributed by atoms with Gasteiger partial charge in [0, 0.05) is 12.8 Å². The molecule has 1 aliphatic rings. The largest absolute Gasteiger partial charge is 0.233 e. The maximum Gasteiger partial charge on any atom is 0.233 e. The van der Waals surface area contributed by atoms with Gasteiger partial charge < -0.3 is 0 Å². The predicted molar refractivity (Wildman–Crippen MR) is 41.7 cm³/mol. The van der Waals surface area contributed by atoms with E-state index in [1.54, 1.807) is 13.8 Å². The van der Waals surface area contributed by atoms with Crippen LogP contribution in [0.25, 0.3) is 0 Å². The lowest BCUT2D eigenvalue weighted by Gasteiger charge is -2.38. The highest BCUT2D eigenvalue weighted by atomic mass is 17.4. The van der Waals surface area contributed by atoms with E-state index in [0.29, 0.717) is 12.8 Å². The minimum atomic E-state index is -0.812. The van der Waals surface area contributed by atoms with Gasteiger partial charge in [-0.1, -0.05) is 13.8 Å². The third-order valence-electron chi connectivity index (χ3n) is 1.87. The van der Waals surface area contributed by atoms with Gasteiger partial charge in [0.05, 0.1) is 0 Å². The fraction of sp³-hybridized carbons (Fsp3) is 1.00. The van der Waals surface area contributed by atoms with Crippen LogP contribution in [0, 0.1) is 0 Å². The quantitative estimate of drug-likeness (QED) is 0.604. The summed E-state index contributed by atoms with van der Waals surface area (Å²) in [4.78, 5) is 20.3. The first-order valence-electron chi connectivity index (χ1n) is 4.27.